The molecule has 0 spiro atoms. The molecule has 2 N–H and O–H groups in total. The van der Waals surface area contributed by atoms with E-state index in [1.165, 1.54) is 5.69 Å². The molecule has 0 fully saturated rings. The Kier molecular flexibility index (Phi) is 4.04. The molecule has 0 aliphatic carbocycles. The fraction of sp³-hybridized carbons (Fsp3) is 0.357. The van der Waals surface area contributed by atoms with Gasteiger partial charge in [0.2, 0.25) is 0 Å². The zero-order valence-corrected chi connectivity index (χ0v) is 11.5. The number of nitrogens with two attached hydrogens (primary N) is 1. The van der Waals surface area contributed by atoms with Crippen LogP contribution in [0.15, 0.2) is 30.5 Å². The molecule has 1 heterocycles. The van der Waals surface area contributed by atoms with Gasteiger partial charge in [-0.2, -0.15) is 5.10 Å². The standard InChI is InChI=1S/C14H18ClN3/c1-10-3-5-12(13(15)9-10)14(16)6-4-11-7-8-17-18(11)2/h3,5,7-9,14H,4,6,16H2,1-2H3. The third-order valence-electron chi connectivity index (χ3n) is 3.19. The van der Waals surface area contributed by atoms with Crippen molar-refractivity contribution >= 4 is 11.6 Å². The minimum absolute atomic E-state index is 0.0343. The van der Waals surface area contributed by atoms with E-state index in [1.807, 2.05) is 42.9 Å². The summed E-state index contributed by atoms with van der Waals surface area (Å²) in [5.74, 6) is 0. The van der Waals surface area contributed by atoms with Gasteiger partial charge in [0.15, 0.2) is 0 Å². The lowest BCUT2D eigenvalue weighted by atomic mass is 10.0. The molecule has 3 nitrogen and oxygen atoms in total. The van der Waals surface area contributed by atoms with Crippen LogP contribution in [0.3, 0.4) is 0 Å². The van der Waals surface area contributed by atoms with Crippen LogP contribution in [0.4, 0.5) is 0 Å². The van der Waals surface area contributed by atoms with Gasteiger partial charge in [0.25, 0.3) is 0 Å². The second-order valence-corrected chi connectivity index (χ2v) is 5.02. The first-order chi connectivity index (χ1) is 8.58. The number of nitrogens with zero attached hydrogens (tertiary/aromatic N) is 2. The lowest BCUT2D eigenvalue weighted by molar-refractivity contribution is 0.614. The van der Waals surface area contributed by atoms with E-state index in [0.29, 0.717) is 0 Å². The minimum Gasteiger partial charge on any atom is -0.324 e. The first-order valence-corrected chi connectivity index (χ1v) is 6.44. The van der Waals surface area contributed by atoms with Gasteiger partial charge in [-0.3, -0.25) is 4.68 Å². The van der Waals surface area contributed by atoms with Crippen LogP contribution in [0.2, 0.25) is 5.02 Å². The monoisotopic (exact) mass is 263 g/mol. The smallest absolute Gasteiger partial charge is 0.0492 e. The highest BCUT2D eigenvalue weighted by atomic mass is 35.5. The molecular weight excluding hydrogens is 246 g/mol. The molecule has 0 aliphatic rings. The van der Waals surface area contributed by atoms with E-state index in [9.17, 15) is 0 Å². The molecular formula is C14H18ClN3. The predicted octanol–water partition coefficient (Wildman–Crippen LogP) is 3.01. The van der Waals surface area contributed by atoms with Crippen LogP contribution in [0, 0.1) is 6.92 Å². The Morgan fingerprint density at radius 3 is 2.78 bits per heavy atom. The molecule has 0 saturated heterocycles. The van der Waals surface area contributed by atoms with Crippen LogP contribution in [0.25, 0.3) is 0 Å². The van der Waals surface area contributed by atoms with Crippen LogP contribution in [-0.4, -0.2) is 9.78 Å². The highest BCUT2D eigenvalue weighted by molar-refractivity contribution is 6.31. The van der Waals surface area contributed by atoms with Crippen molar-refractivity contribution in [1.29, 1.82) is 0 Å². The largest absolute Gasteiger partial charge is 0.324 e. The second kappa shape index (κ2) is 5.55. The van der Waals surface area contributed by atoms with Crippen molar-refractivity contribution < 1.29 is 0 Å². The van der Waals surface area contributed by atoms with E-state index in [0.717, 1.165) is 29.0 Å². The number of benzene rings is 1. The number of hydrogen-bond acceptors (Lipinski definition) is 2. The second-order valence-electron chi connectivity index (χ2n) is 4.62. The summed E-state index contributed by atoms with van der Waals surface area (Å²) in [5, 5.41) is 4.90. The molecule has 2 rings (SSSR count). The van der Waals surface area contributed by atoms with Crippen molar-refractivity contribution in [3.05, 3.63) is 52.3 Å². The molecule has 1 atom stereocenters. The third-order valence-corrected chi connectivity index (χ3v) is 3.52. The molecule has 1 aromatic carbocycles. The molecule has 0 saturated carbocycles. The molecule has 1 aromatic heterocycles. The summed E-state index contributed by atoms with van der Waals surface area (Å²) in [6.45, 7) is 2.02. The summed E-state index contributed by atoms with van der Waals surface area (Å²) in [6.07, 6.45) is 3.57. The van der Waals surface area contributed by atoms with E-state index in [-0.39, 0.29) is 6.04 Å². The first kappa shape index (κ1) is 13.1. The summed E-state index contributed by atoms with van der Waals surface area (Å²) in [4.78, 5) is 0. The van der Waals surface area contributed by atoms with E-state index in [2.05, 4.69) is 5.10 Å². The van der Waals surface area contributed by atoms with Gasteiger partial charge in [-0.15, -0.1) is 0 Å². The normalized spacial score (nSPS) is 12.7. The third kappa shape index (κ3) is 2.92. The first-order valence-electron chi connectivity index (χ1n) is 6.06. The fourth-order valence-electron chi connectivity index (χ4n) is 2.04. The van der Waals surface area contributed by atoms with Crippen LogP contribution in [0.5, 0.6) is 0 Å². The Labute approximate surface area is 113 Å². The van der Waals surface area contributed by atoms with Crippen molar-refractivity contribution in [2.24, 2.45) is 12.8 Å². The molecule has 0 radical (unpaired) electrons. The van der Waals surface area contributed by atoms with E-state index in [4.69, 9.17) is 17.3 Å². The van der Waals surface area contributed by atoms with Crippen LogP contribution >= 0.6 is 11.6 Å². The van der Waals surface area contributed by atoms with Crippen LogP contribution in [0.1, 0.15) is 29.3 Å². The summed E-state index contributed by atoms with van der Waals surface area (Å²) in [7, 11) is 1.94. The fourth-order valence-corrected chi connectivity index (χ4v) is 2.41. The van der Waals surface area contributed by atoms with Gasteiger partial charge in [0, 0.05) is 30.0 Å². The zero-order chi connectivity index (χ0) is 13.1. The molecule has 18 heavy (non-hydrogen) atoms. The molecule has 0 bridgehead atoms. The molecule has 0 amide bonds. The molecule has 0 aliphatic heterocycles. The number of hydrogen-bond donors (Lipinski definition) is 1. The number of rotatable bonds is 4. The minimum atomic E-state index is -0.0343. The van der Waals surface area contributed by atoms with Crippen LogP contribution < -0.4 is 5.73 Å². The van der Waals surface area contributed by atoms with Gasteiger partial charge in [0.1, 0.15) is 0 Å². The molecule has 4 heteroatoms. The maximum Gasteiger partial charge on any atom is 0.0492 e. The van der Waals surface area contributed by atoms with E-state index in [1.54, 1.807) is 6.20 Å². The lowest BCUT2D eigenvalue weighted by Crippen LogP contribution is -2.13. The Morgan fingerprint density at radius 2 is 2.17 bits per heavy atom. The quantitative estimate of drug-likeness (QED) is 0.922. The van der Waals surface area contributed by atoms with Gasteiger partial charge in [-0.1, -0.05) is 23.7 Å². The van der Waals surface area contributed by atoms with Gasteiger partial charge in [-0.25, -0.2) is 0 Å². The average molecular weight is 264 g/mol. The van der Waals surface area contributed by atoms with E-state index >= 15 is 0 Å². The van der Waals surface area contributed by atoms with Crippen molar-refractivity contribution in [2.75, 3.05) is 0 Å². The molecule has 1 unspecified atom stereocenters. The average Bonchev–Trinajstić information content (AvgIpc) is 2.72. The zero-order valence-electron chi connectivity index (χ0n) is 10.7. The van der Waals surface area contributed by atoms with Crippen LogP contribution in [-0.2, 0) is 13.5 Å². The molecule has 96 valence electrons. The Hall–Kier alpha value is -1.32. The topological polar surface area (TPSA) is 43.8 Å². The van der Waals surface area contributed by atoms with Gasteiger partial charge < -0.3 is 5.73 Å². The summed E-state index contributed by atoms with van der Waals surface area (Å²) < 4.78 is 1.88. The van der Waals surface area contributed by atoms with Crippen molar-refractivity contribution in [3.63, 3.8) is 0 Å². The predicted molar refractivity (Wildman–Crippen MR) is 74.6 cm³/mol. The maximum atomic E-state index is 6.22. The summed E-state index contributed by atoms with van der Waals surface area (Å²) >= 11 is 6.22. The number of aromatic nitrogens is 2. The van der Waals surface area contributed by atoms with E-state index < -0.39 is 0 Å². The van der Waals surface area contributed by atoms with Gasteiger partial charge >= 0.3 is 0 Å². The Bertz CT molecular complexity index is 534. The number of aryl methyl sites for hydroxylation is 3. The highest BCUT2D eigenvalue weighted by Crippen LogP contribution is 2.25. The lowest BCUT2D eigenvalue weighted by Gasteiger charge is -2.14. The summed E-state index contributed by atoms with van der Waals surface area (Å²) in [5.41, 5.74) is 9.56. The number of halogens is 1. The highest BCUT2D eigenvalue weighted by Gasteiger charge is 2.11. The molecule has 2 aromatic rings. The maximum absolute atomic E-state index is 6.22. The summed E-state index contributed by atoms with van der Waals surface area (Å²) in [6, 6.07) is 8.01. The van der Waals surface area contributed by atoms with Crippen molar-refractivity contribution in [2.45, 2.75) is 25.8 Å². The van der Waals surface area contributed by atoms with Gasteiger partial charge in [0.05, 0.1) is 0 Å². The Balaban J connectivity index is 2.03. The van der Waals surface area contributed by atoms with Gasteiger partial charge in [-0.05, 0) is 43.0 Å². The Morgan fingerprint density at radius 1 is 1.39 bits per heavy atom. The van der Waals surface area contributed by atoms with Crippen molar-refractivity contribution in [3.8, 4) is 0 Å². The SMILES string of the molecule is Cc1ccc(C(N)CCc2ccnn2C)c(Cl)c1. The van der Waals surface area contributed by atoms with Crippen molar-refractivity contribution in [1.82, 2.24) is 9.78 Å².